The summed E-state index contributed by atoms with van der Waals surface area (Å²) in [4.78, 5) is 13.9. The number of benzene rings is 4. The molecule has 0 aliphatic carbocycles. The van der Waals surface area contributed by atoms with Crippen molar-refractivity contribution in [1.82, 2.24) is 19.5 Å². The first kappa shape index (κ1) is 30.4. The average molecular weight is 680 g/mol. The van der Waals surface area contributed by atoms with E-state index in [-0.39, 0.29) is 19.5 Å². The molecule has 9 rings (SSSR count). The average Bonchev–Trinajstić information content (AvgIpc) is 3.95. The second-order valence-corrected chi connectivity index (χ2v) is 12.0. The van der Waals surface area contributed by atoms with Gasteiger partial charge in [-0.1, -0.05) is 109 Å². The van der Waals surface area contributed by atoms with E-state index in [1.807, 2.05) is 0 Å². The van der Waals surface area contributed by atoms with Crippen LogP contribution in [0.4, 0.5) is 0 Å². The van der Waals surface area contributed by atoms with Crippen LogP contribution in [0, 0.1) is 0 Å². The summed E-state index contributed by atoms with van der Waals surface area (Å²) in [6.45, 7) is 0. The summed E-state index contributed by atoms with van der Waals surface area (Å²) < 4.78 is 2.41. The van der Waals surface area contributed by atoms with E-state index in [0.717, 1.165) is 83.9 Å². The van der Waals surface area contributed by atoms with Crippen LogP contribution >= 0.6 is 0 Å². The maximum atomic E-state index is 5.29. The van der Waals surface area contributed by atoms with Crippen LogP contribution in [0.2, 0.25) is 0 Å². The van der Waals surface area contributed by atoms with Crippen molar-refractivity contribution in [3.63, 3.8) is 0 Å². The van der Waals surface area contributed by atoms with Gasteiger partial charge in [-0.3, -0.25) is 0 Å². The van der Waals surface area contributed by atoms with Crippen LogP contribution < -0.4 is 0 Å². The van der Waals surface area contributed by atoms with Crippen molar-refractivity contribution in [3.05, 3.63) is 174 Å². The Morgan fingerprint density at radius 3 is 1.49 bits per heavy atom. The number of aromatic nitrogens is 4. The molecular weight excluding hydrogens is 650 g/mol. The van der Waals surface area contributed by atoms with Gasteiger partial charge in [-0.25, -0.2) is 9.97 Å². The van der Waals surface area contributed by atoms with E-state index < -0.39 is 0 Å². The van der Waals surface area contributed by atoms with Gasteiger partial charge in [0.2, 0.25) is 0 Å². The summed E-state index contributed by atoms with van der Waals surface area (Å²) in [5.74, 6) is 0. The first-order valence-corrected chi connectivity index (χ1v) is 16.2. The van der Waals surface area contributed by atoms with Gasteiger partial charge in [-0.15, -0.1) is 0 Å². The van der Waals surface area contributed by atoms with Crippen molar-refractivity contribution in [1.29, 1.82) is 0 Å². The van der Waals surface area contributed by atoms with E-state index in [9.17, 15) is 0 Å². The molecule has 2 aliphatic rings. The van der Waals surface area contributed by atoms with Crippen LogP contribution in [0.3, 0.4) is 0 Å². The quantitative estimate of drug-likeness (QED) is 0.188. The molecule has 2 aliphatic heterocycles. The number of rotatable bonds is 4. The van der Waals surface area contributed by atoms with Crippen LogP contribution in [0.15, 0.2) is 152 Å². The van der Waals surface area contributed by atoms with Gasteiger partial charge in [0.05, 0.1) is 33.8 Å². The Balaban J connectivity index is 0.00000348. The van der Waals surface area contributed by atoms with Crippen LogP contribution in [0.5, 0.6) is 0 Å². The van der Waals surface area contributed by atoms with Gasteiger partial charge in [0.1, 0.15) is 0 Å². The third-order valence-electron chi connectivity index (χ3n) is 8.87. The molecule has 0 fully saturated rings. The maximum absolute atomic E-state index is 5.29. The number of hydrogen-bond donors (Lipinski definition) is 1. The van der Waals surface area contributed by atoms with Gasteiger partial charge >= 0.3 is 0 Å². The van der Waals surface area contributed by atoms with Gasteiger partial charge in [-0.2, -0.15) is 0 Å². The Hall–Kier alpha value is -5.90. The Labute approximate surface area is 297 Å². The predicted molar refractivity (Wildman–Crippen MR) is 200 cm³/mol. The monoisotopic (exact) mass is 678 g/mol. The number of para-hydroxylation sites is 1. The summed E-state index contributed by atoms with van der Waals surface area (Å²) in [5.41, 5.74) is 15.4. The molecule has 7 aromatic rings. The topological polar surface area (TPSA) is 46.5 Å². The summed E-state index contributed by atoms with van der Waals surface area (Å²) in [6, 6.07) is 53.3. The van der Waals surface area contributed by atoms with Crippen LogP contribution in [-0.4, -0.2) is 19.5 Å². The molecular formula is C44H30N4Zn. The Bertz CT molecular complexity index is 2530. The van der Waals surface area contributed by atoms with Gasteiger partial charge in [0, 0.05) is 52.9 Å². The van der Waals surface area contributed by atoms with E-state index in [2.05, 4.69) is 186 Å². The Morgan fingerprint density at radius 2 is 0.898 bits per heavy atom. The number of H-pyrrole nitrogens is 1. The van der Waals surface area contributed by atoms with E-state index in [4.69, 9.17) is 9.97 Å². The molecule has 1 N–H and O–H groups in total. The molecule has 0 atom stereocenters. The van der Waals surface area contributed by atoms with Crippen molar-refractivity contribution in [2.45, 2.75) is 0 Å². The fraction of sp³-hybridized carbons (Fsp3) is 0. The molecule has 0 saturated heterocycles. The van der Waals surface area contributed by atoms with Crippen molar-refractivity contribution in [3.8, 4) is 39.1 Å². The smallest absolute Gasteiger partial charge is 0.0737 e. The first-order valence-electron chi connectivity index (χ1n) is 16.2. The van der Waals surface area contributed by atoms with E-state index in [1.54, 1.807) is 0 Å². The van der Waals surface area contributed by atoms with Gasteiger partial charge < -0.3 is 9.55 Å². The number of aromatic amines is 1. The van der Waals surface area contributed by atoms with Crippen molar-refractivity contribution >= 4 is 46.4 Å². The summed E-state index contributed by atoms with van der Waals surface area (Å²) in [5, 5.41) is 0. The molecule has 5 heterocycles. The number of fused-ring (bicyclic) bond motifs is 8. The number of hydrogen-bond acceptors (Lipinski definition) is 2. The van der Waals surface area contributed by atoms with Gasteiger partial charge in [0.15, 0.2) is 0 Å². The molecule has 0 amide bonds. The molecule has 0 radical (unpaired) electrons. The molecule has 0 spiro atoms. The molecule has 5 heteroatoms. The van der Waals surface area contributed by atoms with Crippen molar-refractivity contribution in [2.75, 3.05) is 0 Å². The largest absolute Gasteiger partial charge is 0.355 e. The third-order valence-corrected chi connectivity index (χ3v) is 8.87. The van der Waals surface area contributed by atoms with Crippen molar-refractivity contribution in [2.24, 2.45) is 0 Å². The van der Waals surface area contributed by atoms with Gasteiger partial charge in [-0.05, 0) is 83.5 Å². The summed E-state index contributed by atoms with van der Waals surface area (Å²) in [6.07, 6.45) is 8.44. The summed E-state index contributed by atoms with van der Waals surface area (Å²) in [7, 11) is 0. The molecule has 228 valence electrons. The zero-order valence-electron chi connectivity index (χ0n) is 26.8. The molecule has 49 heavy (non-hydrogen) atoms. The maximum Gasteiger partial charge on any atom is 0.0737 e. The normalized spacial score (nSPS) is 11.8. The minimum absolute atomic E-state index is 0. The number of nitrogens with zero attached hydrogens (tertiary/aromatic N) is 3. The molecule has 0 saturated carbocycles. The van der Waals surface area contributed by atoms with E-state index in [0.29, 0.717) is 0 Å². The Kier molecular flexibility index (Phi) is 8.05. The fourth-order valence-electron chi connectivity index (χ4n) is 6.81. The minimum Gasteiger partial charge on any atom is -0.355 e. The van der Waals surface area contributed by atoms with Crippen LogP contribution in [0.1, 0.15) is 22.8 Å². The zero-order valence-corrected chi connectivity index (χ0v) is 29.8. The van der Waals surface area contributed by atoms with Crippen LogP contribution in [-0.2, 0) is 19.5 Å². The third kappa shape index (κ3) is 5.69. The zero-order chi connectivity index (χ0) is 31.9. The standard InChI is InChI=1S/C44H30N4.Zn/c1-5-13-30(14-6-1)41-39-26-25-36(47-39)28-35-22-21-33(45-35)27-34-23-24-37(46-34)29-40-42(31-15-7-2-8-16-31)43(32-17-9-3-10-18-32)44(41)48(40)38-19-11-4-12-20-38;/h1-29,45H;. The minimum atomic E-state index is 0. The van der Waals surface area contributed by atoms with Crippen molar-refractivity contribution < 1.29 is 19.5 Å². The van der Waals surface area contributed by atoms with Gasteiger partial charge in [0.25, 0.3) is 0 Å². The molecule has 4 nitrogen and oxygen atoms in total. The van der Waals surface area contributed by atoms with E-state index >= 15 is 0 Å². The predicted octanol–water partition coefficient (Wildman–Crippen LogP) is 11.1. The number of nitrogens with one attached hydrogen (secondary N) is 1. The Morgan fingerprint density at radius 1 is 0.429 bits per heavy atom. The second-order valence-electron chi connectivity index (χ2n) is 12.0. The molecule has 0 unspecified atom stereocenters. The fourth-order valence-corrected chi connectivity index (χ4v) is 6.81. The summed E-state index contributed by atoms with van der Waals surface area (Å²) >= 11 is 0. The first-order chi connectivity index (χ1) is 23.8. The van der Waals surface area contributed by atoms with E-state index in [1.165, 1.54) is 0 Å². The molecule has 8 bridgehead atoms. The van der Waals surface area contributed by atoms with Crippen LogP contribution in [0.25, 0.3) is 85.4 Å². The SMILES string of the molecule is C1=Cc2cc3c(-c4ccccc4)c(-c4ccccc4)c(c(-c4ccccc4)c4nc(cc5ccc(cc1n2)[nH]5)C=C4)n3-c1ccccc1.[Zn]. The molecule has 3 aromatic heterocycles. The second kappa shape index (κ2) is 13.0. The molecule has 4 aromatic carbocycles.